The fourth-order valence-electron chi connectivity index (χ4n) is 2.41. The normalized spacial score (nSPS) is 26.0. The van der Waals surface area contributed by atoms with Crippen LogP contribution in [0.3, 0.4) is 0 Å². The van der Waals surface area contributed by atoms with Crippen molar-refractivity contribution in [1.82, 2.24) is 10.2 Å². The van der Waals surface area contributed by atoms with Crippen molar-refractivity contribution in [2.75, 3.05) is 26.2 Å². The van der Waals surface area contributed by atoms with Crippen molar-refractivity contribution in [3.63, 3.8) is 0 Å². The quantitative estimate of drug-likeness (QED) is 0.772. The zero-order chi connectivity index (χ0) is 11.6. The van der Waals surface area contributed by atoms with Gasteiger partial charge in [0.25, 0.3) is 5.91 Å². The Balaban J connectivity index is 1.83. The van der Waals surface area contributed by atoms with Crippen molar-refractivity contribution in [1.29, 1.82) is 0 Å². The largest absolute Gasteiger partial charge is 0.360 e. The van der Waals surface area contributed by atoms with E-state index in [1.54, 1.807) is 0 Å². The predicted octanol–water partition coefficient (Wildman–Crippen LogP) is 0.766. The van der Waals surface area contributed by atoms with Crippen molar-refractivity contribution < 1.29 is 9.53 Å². The summed E-state index contributed by atoms with van der Waals surface area (Å²) < 4.78 is 5.84. The highest BCUT2D eigenvalue weighted by molar-refractivity contribution is 5.80. The maximum atomic E-state index is 12.1. The van der Waals surface area contributed by atoms with Gasteiger partial charge in [-0.15, -0.1) is 0 Å². The number of amides is 1. The molecule has 1 unspecified atom stereocenters. The van der Waals surface area contributed by atoms with Crippen molar-refractivity contribution in [3.8, 4) is 0 Å². The van der Waals surface area contributed by atoms with E-state index < -0.39 is 0 Å². The molecule has 0 radical (unpaired) electrons. The summed E-state index contributed by atoms with van der Waals surface area (Å²) in [5, 5.41) is 3.18. The van der Waals surface area contributed by atoms with E-state index in [0.717, 1.165) is 39.0 Å². The van der Waals surface area contributed by atoms with Crippen LogP contribution in [0.1, 0.15) is 33.1 Å². The van der Waals surface area contributed by atoms with E-state index >= 15 is 0 Å². The number of ether oxygens (including phenoxy) is 1. The standard InChI is InChI=1S/C12H22N2O2/c1-10(16-12(2)8-13-9-12)11(15)14-6-4-3-5-7-14/h10,13H,3-9H2,1-2H3. The molecule has 2 rings (SSSR count). The molecule has 1 N–H and O–H groups in total. The third-order valence-corrected chi connectivity index (χ3v) is 3.47. The Morgan fingerprint density at radius 1 is 1.31 bits per heavy atom. The molecule has 4 nitrogen and oxygen atoms in total. The van der Waals surface area contributed by atoms with Gasteiger partial charge in [-0.3, -0.25) is 4.79 Å². The molecule has 1 amide bonds. The third-order valence-electron chi connectivity index (χ3n) is 3.47. The van der Waals surface area contributed by atoms with Crippen LogP contribution in [0.2, 0.25) is 0 Å². The third kappa shape index (κ3) is 2.55. The van der Waals surface area contributed by atoms with Gasteiger partial charge in [0.05, 0.1) is 5.60 Å². The van der Waals surface area contributed by atoms with E-state index in [2.05, 4.69) is 12.2 Å². The van der Waals surface area contributed by atoms with E-state index in [-0.39, 0.29) is 17.6 Å². The molecule has 0 aromatic heterocycles. The van der Waals surface area contributed by atoms with Crippen LogP contribution >= 0.6 is 0 Å². The monoisotopic (exact) mass is 226 g/mol. The molecule has 2 fully saturated rings. The van der Waals surface area contributed by atoms with Gasteiger partial charge in [-0.2, -0.15) is 0 Å². The highest BCUT2D eigenvalue weighted by Gasteiger charge is 2.36. The second-order valence-electron chi connectivity index (χ2n) is 5.20. The number of nitrogens with zero attached hydrogens (tertiary/aromatic N) is 1. The van der Waals surface area contributed by atoms with Crippen LogP contribution in [0.5, 0.6) is 0 Å². The Morgan fingerprint density at radius 2 is 1.94 bits per heavy atom. The summed E-state index contributed by atoms with van der Waals surface area (Å²) in [4.78, 5) is 14.0. The fraction of sp³-hybridized carbons (Fsp3) is 0.917. The summed E-state index contributed by atoms with van der Waals surface area (Å²) in [6.07, 6.45) is 3.22. The first kappa shape index (κ1) is 11.9. The number of likely N-dealkylation sites (tertiary alicyclic amines) is 1. The Hall–Kier alpha value is -0.610. The van der Waals surface area contributed by atoms with E-state index in [9.17, 15) is 4.79 Å². The van der Waals surface area contributed by atoms with Gasteiger partial charge in [0, 0.05) is 26.2 Å². The number of carbonyl (C=O) groups is 1. The van der Waals surface area contributed by atoms with Crippen LogP contribution in [0.25, 0.3) is 0 Å². The summed E-state index contributed by atoms with van der Waals surface area (Å²) in [5.74, 6) is 0.160. The minimum absolute atomic E-state index is 0.134. The smallest absolute Gasteiger partial charge is 0.251 e. The van der Waals surface area contributed by atoms with Gasteiger partial charge < -0.3 is 15.0 Å². The molecule has 2 saturated heterocycles. The zero-order valence-corrected chi connectivity index (χ0v) is 10.3. The van der Waals surface area contributed by atoms with Gasteiger partial charge >= 0.3 is 0 Å². The summed E-state index contributed by atoms with van der Waals surface area (Å²) >= 11 is 0. The number of rotatable bonds is 3. The molecule has 0 aromatic rings. The predicted molar refractivity (Wildman–Crippen MR) is 62.3 cm³/mol. The molecule has 2 aliphatic heterocycles. The zero-order valence-electron chi connectivity index (χ0n) is 10.3. The lowest BCUT2D eigenvalue weighted by Crippen LogP contribution is -2.61. The number of hydrogen-bond donors (Lipinski definition) is 1. The van der Waals surface area contributed by atoms with Gasteiger partial charge in [0.2, 0.25) is 0 Å². The van der Waals surface area contributed by atoms with E-state index in [1.807, 2.05) is 11.8 Å². The first-order chi connectivity index (χ1) is 7.61. The first-order valence-electron chi connectivity index (χ1n) is 6.28. The molecule has 16 heavy (non-hydrogen) atoms. The molecular weight excluding hydrogens is 204 g/mol. The molecule has 4 heteroatoms. The van der Waals surface area contributed by atoms with Crippen LogP contribution in [0.4, 0.5) is 0 Å². The summed E-state index contributed by atoms with van der Waals surface area (Å²) in [7, 11) is 0. The molecule has 0 saturated carbocycles. The molecule has 92 valence electrons. The second kappa shape index (κ2) is 4.72. The van der Waals surface area contributed by atoms with Crippen molar-refractivity contribution in [2.24, 2.45) is 0 Å². The molecule has 0 aromatic carbocycles. The van der Waals surface area contributed by atoms with Gasteiger partial charge in [-0.1, -0.05) is 0 Å². The van der Waals surface area contributed by atoms with Crippen LogP contribution in [0, 0.1) is 0 Å². The lowest BCUT2D eigenvalue weighted by Gasteiger charge is -2.41. The van der Waals surface area contributed by atoms with Crippen LogP contribution in [-0.2, 0) is 9.53 Å². The summed E-state index contributed by atoms with van der Waals surface area (Å²) in [6.45, 7) is 7.45. The number of hydrogen-bond acceptors (Lipinski definition) is 3. The molecule has 0 aliphatic carbocycles. The molecule has 1 atom stereocenters. The van der Waals surface area contributed by atoms with Crippen molar-refractivity contribution in [3.05, 3.63) is 0 Å². The molecule has 0 spiro atoms. The summed E-state index contributed by atoms with van der Waals surface area (Å²) in [6, 6.07) is 0. The van der Waals surface area contributed by atoms with E-state index in [4.69, 9.17) is 4.74 Å². The number of nitrogens with one attached hydrogen (secondary N) is 1. The minimum atomic E-state index is -0.301. The Kier molecular flexibility index (Phi) is 3.50. The average Bonchev–Trinajstić information content (AvgIpc) is 2.27. The Morgan fingerprint density at radius 3 is 2.44 bits per heavy atom. The maximum Gasteiger partial charge on any atom is 0.251 e. The summed E-state index contributed by atoms with van der Waals surface area (Å²) in [5.41, 5.74) is -0.134. The molecule has 0 bridgehead atoms. The first-order valence-corrected chi connectivity index (χ1v) is 6.28. The number of carbonyl (C=O) groups excluding carboxylic acids is 1. The maximum absolute atomic E-state index is 12.1. The van der Waals surface area contributed by atoms with E-state index in [1.165, 1.54) is 6.42 Å². The Labute approximate surface area is 97.3 Å². The SMILES string of the molecule is CC(OC1(C)CNC1)C(=O)N1CCCCC1. The van der Waals surface area contributed by atoms with Crippen molar-refractivity contribution >= 4 is 5.91 Å². The Bertz CT molecular complexity index is 258. The van der Waals surface area contributed by atoms with Gasteiger partial charge in [-0.25, -0.2) is 0 Å². The van der Waals surface area contributed by atoms with Crippen LogP contribution in [0.15, 0.2) is 0 Å². The minimum Gasteiger partial charge on any atom is -0.360 e. The van der Waals surface area contributed by atoms with Crippen molar-refractivity contribution in [2.45, 2.75) is 44.8 Å². The molecular formula is C12H22N2O2. The second-order valence-corrected chi connectivity index (χ2v) is 5.20. The van der Waals surface area contributed by atoms with Gasteiger partial charge in [-0.05, 0) is 33.1 Å². The lowest BCUT2D eigenvalue weighted by atomic mass is 9.99. The lowest BCUT2D eigenvalue weighted by molar-refractivity contribution is -0.160. The van der Waals surface area contributed by atoms with E-state index in [0.29, 0.717) is 0 Å². The average molecular weight is 226 g/mol. The van der Waals surface area contributed by atoms with Gasteiger partial charge in [0.15, 0.2) is 0 Å². The molecule has 2 aliphatic rings. The molecule has 2 heterocycles. The highest BCUT2D eigenvalue weighted by Crippen LogP contribution is 2.19. The van der Waals surface area contributed by atoms with Gasteiger partial charge in [0.1, 0.15) is 6.10 Å². The fourth-order valence-corrected chi connectivity index (χ4v) is 2.41. The number of piperidine rings is 1. The van der Waals surface area contributed by atoms with Crippen LogP contribution < -0.4 is 5.32 Å². The van der Waals surface area contributed by atoms with Crippen LogP contribution in [-0.4, -0.2) is 48.7 Å². The highest BCUT2D eigenvalue weighted by atomic mass is 16.5. The topological polar surface area (TPSA) is 41.6 Å².